The van der Waals surface area contributed by atoms with Crippen LogP contribution in [0, 0.1) is 13.8 Å². The number of aromatic nitrogens is 2. The molecule has 1 aliphatic rings. The smallest absolute Gasteiger partial charge is 0.138 e. The Hall–Kier alpha value is -1.20. The number of thiophene rings is 1. The summed E-state index contributed by atoms with van der Waals surface area (Å²) in [5.74, 6) is 0.937. The van der Waals surface area contributed by atoms with Crippen molar-refractivity contribution in [2.45, 2.75) is 45.8 Å². The van der Waals surface area contributed by atoms with Gasteiger partial charge in [-0.3, -0.25) is 0 Å². The van der Waals surface area contributed by atoms with Gasteiger partial charge in [-0.2, -0.15) is 0 Å². The highest BCUT2D eigenvalue weighted by molar-refractivity contribution is 7.18. The summed E-state index contributed by atoms with van der Waals surface area (Å²) in [6.07, 6.45) is 2.84. The molecule has 1 N–H and O–H groups in total. The molecule has 0 saturated carbocycles. The fraction of sp³-hybridized carbons (Fsp3) is 0.571. The summed E-state index contributed by atoms with van der Waals surface area (Å²) < 4.78 is 5.68. The van der Waals surface area contributed by atoms with Gasteiger partial charge in [-0.25, -0.2) is 9.97 Å². The maximum Gasteiger partial charge on any atom is 0.138 e. The van der Waals surface area contributed by atoms with Crippen LogP contribution in [0.25, 0.3) is 10.2 Å². The van der Waals surface area contributed by atoms with Crippen LogP contribution in [-0.2, 0) is 4.74 Å². The van der Waals surface area contributed by atoms with Crippen molar-refractivity contribution in [3.05, 3.63) is 16.8 Å². The van der Waals surface area contributed by atoms with Gasteiger partial charge in [0.15, 0.2) is 0 Å². The van der Waals surface area contributed by atoms with Gasteiger partial charge in [0.25, 0.3) is 0 Å². The van der Waals surface area contributed by atoms with Crippen molar-refractivity contribution in [2.75, 3.05) is 11.9 Å². The minimum Gasteiger partial charge on any atom is -0.376 e. The van der Waals surface area contributed by atoms with Crippen LogP contribution in [0.1, 0.15) is 30.7 Å². The van der Waals surface area contributed by atoms with Crippen LogP contribution in [0.5, 0.6) is 0 Å². The molecule has 4 nitrogen and oxygen atoms in total. The monoisotopic (exact) mass is 277 g/mol. The summed E-state index contributed by atoms with van der Waals surface area (Å²) in [6, 6.07) is 0. The van der Waals surface area contributed by atoms with E-state index < -0.39 is 0 Å². The predicted octanol–water partition coefficient (Wildman–Crippen LogP) is 3.29. The number of hydrogen-bond acceptors (Lipinski definition) is 5. The van der Waals surface area contributed by atoms with Gasteiger partial charge in [-0.15, -0.1) is 11.3 Å². The number of nitrogens with zero attached hydrogens (tertiary/aromatic N) is 2. The van der Waals surface area contributed by atoms with Gasteiger partial charge in [-0.05, 0) is 39.7 Å². The molecule has 3 heterocycles. The zero-order chi connectivity index (χ0) is 13.6. The molecular formula is C14H19N3OS. The molecule has 2 aromatic heterocycles. The number of hydrogen-bond donors (Lipinski definition) is 1. The molecule has 3 rings (SSSR count). The van der Waals surface area contributed by atoms with E-state index in [4.69, 9.17) is 4.74 Å². The molecule has 102 valence electrons. The van der Waals surface area contributed by atoms with E-state index in [0.29, 0.717) is 0 Å². The van der Waals surface area contributed by atoms with E-state index in [9.17, 15) is 0 Å². The van der Waals surface area contributed by atoms with E-state index in [-0.39, 0.29) is 11.6 Å². The highest BCUT2D eigenvalue weighted by atomic mass is 32.1. The van der Waals surface area contributed by atoms with Crippen LogP contribution < -0.4 is 5.32 Å². The molecule has 0 radical (unpaired) electrons. The van der Waals surface area contributed by atoms with Crippen LogP contribution in [0.4, 0.5) is 5.82 Å². The van der Waals surface area contributed by atoms with Gasteiger partial charge in [0.1, 0.15) is 17.0 Å². The third kappa shape index (κ3) is 2.01. The molecule has 1 saturated heterocycles. The topological polar surface area (TPSA) is 47.0 Å². The van der Waals surface area contributed by atoms with Crippen LogP contribution in [0.2, 0.25) is 0 Å². The number of rotatable bonds is 2. The molecule has 19 heavy (non-hydrogen) atoms. The minimum atomic E-state index is -0.0520. The molecule has 0 aliphatic carbocycles. The Balaban J connectivity index is 2.06. The lowest BCUT2D eigenvalue weighted by Gasteiger charge is -2.29. The molecule has 2 aromatic rings. The normalized spacial score (nSPS) is 27.1. The van der Waals surface area contributed by atoms with E-state index in [1.807, 2.05) is 0 Å². The van der Waals surface area contributed by atoms with Gasteiger partial charge < -0.3 is 10.1 Å². The molecule has 2 unspecified atom stereocenters. The van der Waals surface area contributed by atoms with Crippen molar-refractivity contribution in [3.63, 3.8) is 0 Å². The fourth-order valence-electron chi connectivity index (χ4n) is 2.55. The summed E-state index contributed by atoms with van der Waals surface area (Å²) in [6.45, 7) is 9.39. The summed E-state index contributed by atoms with van der Waals surface area (Å²) in [7, 11) is 0. The summed E-state index contributed by atoms with van der Waals surface area (Å²) in [5.41, 5.74) is 1.22. The van der Waals surface area contributed by atoms with Crippen molar-refractivity contribution >= 4 is 27.4 Å². The van der Waals surface area contributed by atoms with E-state index in [1.165, 1.54) is 10.4 Å². The second-order valence-corrected chi connectivity index (χ2v) is 6.69. The van der Waals surface area contributed by atoms with Crippen LogP contribution >= 0.6 is 11.3 Å². The van der Waals surface area contributed by atoms with Crippen molar-refractivity contribution in [2.24, 2.45) is 0 Å². The van der Waals surface area contributed by atoms with Crippen molar-refractivity contribution in [3.8, 4) is 0 Å². The summed E-state index contributed by atoms with van der Waals surface area (Å²) >= 11 is 1.73. The van der Waals surface area contributed by atoms with Crippen LogP contribution in [0.15, 0.2) is 6.33 Å². The first kappa shape index (κ1) is 12.8. The fourth-order valence-corrected chi connectivity index (χ4v) is 3.54. The molecule has 0 spiro atoms. The second kappa shape index (κ2) is 4.42. The third-order valence-corrected chi connectivity index (χ3v) is 5.37. The molecule has 0 bridgehead atoms. The number of ether oxygens (including phenoxy) is 1. The summed E-state index contributed by atoms with van der Waals surface area (Å²) in [5, 5.41) is 4.75. The average molecular weight is 277 g/mol. The van der Waals surface area contributed by atoms with Crippen molar-refractivity contribution in [1.82, 2.24) is 9.97 Å². The SMILES string of the molecule is Cc1sc2ncnc(NC3(C)CCOC3C)c2c1C. The van der Waals surface area contributed by atoms with E-state index in [2.05, 4.69) is 43.0 Å². The van der Waals surface area contributed by atoms with Crippen LogP contribution in [0.3, 0.4) is 0 Å². The van der Waals surface area contributed by atoms with E-state index in [0.717, 1.165) is 29.1 Å². The van der Waals surface area contributed by atoms with Gasteiger partial charge in [0, 0.05) is 11.5 Å². The highest BCUT2D eigenvalue weighted by Gasteiger charge is 2.37. The average Bonchev–Trinajstić information content (AvgIpc) is 2.83. The Kier molecular flexibility index (Phi) is 2.98. The lowest BCUT2D eigenvalue weighted by Crippen LogP contribution is -2.41. The van der Waals surface area contributed by atoms with E-state index >= 15 is 0 Å². The number of fused-ring (bicyclic) bond motifs is 1. The zero-order valence-electron chi connectivity index (χ0n) is 11.8. The molecule has 0 aromatic carbocycles. The number of anilines is 1. The zero-order valence-corrected chi connectivity index (χ0v) is 12.6. The Morgan fingerprint density at radius 1 is 1.42 bits per heavy atom. The number of nitrogens with one attached hydrogen (secondary N) is 1. The standard InChI is InChI=1S/C14H19N3OS/c1-8-9(2)19-13-11(8)12(15-7-16-13)17-14(4)5-6-18-10(14)3/h7,10H,5-6H2,1-4H3,(H,15,16,17). The second-order valence-electron chi connectivity index (χ2n) is 5.49. The maximum absolute atomic E-state index is 5.68. The summed E-state index contributed by atoms with van der Waals surface area (Å²) in [4.78, 5) is 11.2. The Bertz CT molecular complexity index is 624. The van der Waals surface area contributed by atoms with Crippen LogP contribution in [-0.4, -0.2) is 28.2 Å². The van der Waals surface area contributed by atoms with Gasteiger partial charge in [-0.1, -0.05) is 0 Å². The molecule has 0 amide bonds. The van der Waals surface area contributed by atoms with Crippen molar-refractivity contribution in [1.29, 1.82) is 0 Å². The Morgan fingerprint density at radius 2 is 2.21 bits per heavy atom. The lowest BCUT2D eigenvalue weighted by molar-refractivity contribution is 0.105. The van der Waals surface area contributed by atoms with Gasteiger partial charge in [0.2, 0.25) is 0 Å². The molecule has 5 heteroatoms. The molecular weight excluding hydrogens is 258 g/mol. The highest BCUT2D eigenvalue weighted by Crippen LogP contribution is 2.36. The Morgan fingerprint density at radius 3 is 2.89 bits per heavy atom. The first-order valence-electron chi connectivity index (χ1n) is 6.62. The predicted molar refractivity (Wildman–Crippen MR) is 78.9 cm³/mol. The van der Waals surface area contributed by atoms with Crippen molar-refractivity contribution < 1.29 is 4.74 Å². The first-order valence-corrected chi connectivity index (χ1v) is 7.43. The minimum absolute atomic E-state index is 0.0520. The first-order chi connectivity index (χ1) is 9.01. The van der Waals surface area contributed by atoms with E-state index in [1.54, 1.807) is 17.7 Å². The molecule has 2 atom stereocenters. The quantitative estimate of drug-likeness (QED) is 0.915. The largest absolute Gasteiger partial charge is 0.376 e. The third-order valence-electron chi connectivity index (χ3n) is 4.26. The van der Waals surface area contributed by atoms with Gasteiger partial charge >= 0.3 is 0 Å². The number of aryl methyl sites for hydroxylation is 2. The molecule has 1 aliphatic heterocycles. The van der Waals surface area contributed by atoms with Gasteiger partial charge in [0.05, 0.1) is 17.0 Å². The Labute approximate surface area is 117 Å². The lowest BCUT2D eigenvalue weighted by atomic mass is 9.94. The molecule has 1 fully saturated rings. The maximum atomic E-state index is 5.68.